The van der Waals surface area contributed by atoms with E-state index in [4.69, 9.17) is 0 Å². The monoisotopic (exact) mass is 444 g/mol. The molecule has 0 fully saturated rings. The molecule has 0 aliphatic heterocycles. The number of hydrogen-bond acceptors (Lipinski definition) is 5. The lowest BCUT2D eigenvalue weighted by atomic mass is 10.0. The van der Waals surface area contributed by atoms with Crippen molar-refractivity contribution >= 4 is 20.9 Å². The molecule has 0 radical (unpaired) electrons. The van der Waals surface area contributed by atoms with E-state index in [0.717, 1.165) is 0 Å². The second-order valence-electron chi connectivity index (χ2n) is 7.26. The Balaban J connectivity index is 1.65. The minimum Gasteiger partial charge on any atom is -0.318 e. The number of imidazole rings is 1. The first-order chi connectivity index (χ1) is 15.5. The van der Waals surface area contributed by atoms with E-state index in [9.17, 15) is 12.8 Å². The lowest BCUT2D eigenvalue weighted by molar-refractivity contribution is 0.581. The summed E-state index contributed by atoms with van der Waals surface area (Å²) in [6.07, 6.45) is 4.42. The molecule has 32 heavy (non-hydrogen) atoms. The highest BCUT2D eigenvalue weighted by Crippen LogP contribution is 2.34. The number of halogens is 1. The first-order valence-corrected chi connectivity index (χ1v) is 11.3. The van der Waals surface area contributed by atoms with Crippen LogP contribution in [0.15, 0.2) is 95.5 Å². The standard InChI is InChI=1S/C24H17FN4O2S/c1-29-22-8-4-3-7-21(22)28-24(29)32(30,31)23-9-5-2-6-19(23)16-10-11-18(20(25)12-16)17-13-26-15-27-14-17/h2-15H,1H3. The fourth-order valence-electron chi connectivity index (χ4n) is 3.76. The number of nitrogens with zero attached hydrogens (tertiary/aromatic N) is 4. The summed E-state index contributed by atoms with van der Waals surface area (Å²) < 4.78 is 43.7. The fourth-order valence-corrected chi connectivity index (χ4v) is 5.36. The van der Waals surface area contributed by atoms with Gasteiger partial charge in [-0.1, -0.05) is 42.5 Å². The number of rotatable bonds is 4. The van der Waals surface area contributed by atoms with Crippen molar-refractivity contribution in [2.24, 2.45) is 7.05 Å². The SMILES string of the molecule is Cn1c(S(=O)(=O)c2ccccc2-c2ccc(-c3cncnc3)c(F)c2)nc2ccccc21. The van der Waals surface area contributed by atoms with Gasteiger partial charge in [0, 0.05) is 36.1 Å². The molecule has 2 heterocycles. The Hall–Kier alpha value is -3.91. The molecule has 0 bridgehead atoms. The van der Waals surface area contributed by atoms with Crippen LogP contribution in [0.5, 0.6) is 0 Å². The quantitative estimate of drug-likeness (QED) is 0.403. The van der Waals surface area contributed by atoms with Gasteiger partial charge in [0.15, 0.2) is 0 Å². The van der Waals surface area contributed by atoms with Gasteiger partial charge in [0.25, 0.3) is 0 Å². The lowest BCUT2D eigenvalue weighted by Gasteiger charge is -2.12. The van der Waals surface area contributed by atoms with Crippen molar-refractivity contribution < 1.29 is 12.8 Å². The van der Waals surface area contributed by atoms with Crippen molar-refractivity contribution in [1.29, 1.82) is 0 Å². The number of aryl methyl sites for hydroxylation is 1. The molecule has 0 N–H and O–H groups in total. The number of benzene rings is 3. The van der Waals surface area contributed by atoms with Gasteiger partial charge in [-0.3, -0.25) is 0 Å². The molecule has 8 heteroatoms. The second-order valence-corrected chi connectivity index (χ2v) is 9.08. The van der Waals surface area contributed by atoms with Gasteiger partial charge >= 0.3 is 0 Å². The Kier molecular flexibility index (Phi) is 4.79. The highest BCUT2D eigenvalue weighted by atomic mass is 32.2. The number of hydrogen-bond donors (Lipinski definition) is 0. The predicted molar refractivity (Wildman–Crippen MR) is 119 cm³/mol. The second kappa shape index (κ2) is 7.65. The van der Waals surface area contributed by atoms with Gasteiger partial charge in [0.1, 0.15) is 12.1 Å². The minimum atomic E-state index is -3.98. The van der Waals surface area contributed by atoms with Crippen LogP contribution in [0.4, 0.5) is 4.39 Å². The molecule has 6 nitrogen and oxygen atoms in total. The fraction of sp³-hybridized carbons (Fsp3) is 0.0417. The van der Waals surface area contributed by atoms with Gasteiger partial charge in [-0.15, -0.1) is 0 Å². The van der Waals surface area contributed by atoms with E-state index in [2.05, 4.69) is 15.0 Å². The average Bonchev–Trinajstić information content (AvgIpc) is 3.17. The van der Waals surface area contributed by atoms with E-state index >= 15 is 0 Å². The molecule has 3 aromatic carbocycles. The Labute approximate surface area is 184 Å². The Morgan fingerprint density at radius 3 is 2.31 bits per heavy atom. The summed E-state index contributed by atoms with van der Waals surface area (Å²) in [6, 6.07) is 18.4. The van der Waals surface area contributed by atoms with Gasteiger partial charge < -0.3 is 4.57 Å². The van der Waals surface area contributed by atoms with E-state index in [-0.39, 0.29) is 10.1 Å². The molecule has 0 spiro atoms. The highest BCUT2D eigenvalue weighted by Gasteiger charge is 2.27. The van der Waals surface area contributed by atoms with Crippen LogP contribution in [-0.4, -0.2) is 27.9 Å². The molecule has 5 aromatic rings. The van der Waals surface area contributed by atoms with Crippen molar-refractivity contribution in [2.75, 3.05) is 0 Å². The van der Waals surface area contributed by atoms with Crippen LogP contribution in [0.2, 0.25) is 0 Å². The van der Waals surface area contributed by atoms with Crippen LogP contribution in [0.3, 0.4) is 0 Å². The van der Waals surface area contributed by atoms with E-state index in [1.807, 2.05) is 18.2 Å². The van der Waals surface area contributed by atoms with Crippen molar-refractivity contribution in [2.45, 2.75) is 10.1 Å². The van der Waals surface area contributed by atoms with Crippen molar-refractivity contribution in [1.82, 2.24) is 19.5 Å². The van der Waals surface area contributed by atoms with Crippen LogP contribution in [0, 0.1) is 5.82 Å². The first kappa shape index (κ1) is 20.0. The van der Waals surface area contributed by atoms with Gasteiger partial charge in [-0.25, -0.2) is 27.8 Å². The number of para-hydroxylation sites is 2. The summed E-state index contributed by atoms with van der Waals surface area (Å²) in [7, 11) is -2.31. The van der Waals surface area contributed by atoms with Gasteiger partial charge in [-0.2, -0.15) is 0 Å². The third-order valence-corrected chi connectivity index (χ3v) is 7.10. The molecule has 0 unspecified atom stereocenters. The zero-order chi connectivity index (χ0) is 22.3. The average molecular weight is 444 g/mol. The Bertz CT molecular complexity index is 1560. The van der Waals surface area contributed by atoms with Crippen LogP contribution < -0.4 is 0 Å². The highest BCUT2D eigenvalue weighted by molar-refractivity contribution is 7.91. The van der Waals surface area contributed by atoms with Gasteiger partial charge in [0.05, 0.1) is 15.9 Å². The van der Waals surface area contributed by atoms with E-state index < -0.39 is 15.7 Å². The summed E-state index contributed by atoms with van der Waals surface area (Å²) in [5.41, 5.74) is 3.02. The maximum Gasteiger partial charge on any atom is 0.240 e. The predicted octanol–water partition coefficient (Wildman–Crippen LogP) is 4.67. The van der Waals surface area contributed by atoms with Crippen molar-refractivity contribution in [3.63, 3.8) is 0 Å². The van der Waals surface area contributed by atoms with E-state index in [1.54, 1.807) is 48.0 Å². The number of sulfone groups is 1. The Morgan fingerprint density at radius 2 is 1.56 bits per heavy atom. The molecular formula is C24H17FN4O2S. The van der Waals surface area contributed by atoms with Crippen molar-refractivity contribution in [3.05, 3.63) is 91.3 Å². The molecule has 5 rings (SSSR count). The lowest BCUT2D eigenvalue weighted by Crippen LogP contribution is -2.10. The van der Waals surface area contributed by atoms with Gasteiger partial charge in [0.2, 0.25) is 15.0 Å². The summed E-state index contributed by atoms with van der Waals surface area (Å²) >= 11 is 0. The summed E-state index contributed by atoms with van der Waals surface area (Å²) in [5.74, 6) is -0.493. The molecule has 0 atom stereocenters. The number of aromatic nitrogens is 4. The topological polar surface area (TPSA) is 77.7 Å². The number of fused-ring (bicyclic) bond motifs is 1. The summed E-state index contributed by atoms with van der Waals surface area (Å²) in [6.45, 7) is 0. The molecule has 0 saturated heterocycles. The molecule has 2 aromatic heterocycles. The maximum absolute atomic E-state index is 15.0. The minimum absolute atomic E-state index is 0.0635. The van der Waals surface area contributed by atoms with Crippen molar-refractivity contribution in [3.8, 4) is 22.3 Å². The zero-order valence-corrected chi connectivity index (χ0v) is 17.8. The first-order valence-electron chi connectivity index (χ1n) is 9.78. The van der Waals surface area contributed by atoms with Crippen LogP contribution >= 0.6 is 0 Å². The molecule has 0 aliphatic carbocycles. The molecule has 0 amide bonds. The Morgan fingerprint density at radius 1 is 0.844 bits per heavy atom. The van der Waals surface area contributed by atoms with Gasteiger partial charge in [-0.05, 0) is 29.8 Å². The molecule has 0 saturated carbocycles. The van der Waals surface area contributed by atoms with Crippen LogP contribution in [-0.2, 0) is 16.9 Å². The smallest absolute Gasteiger partial charge is 0.240 e. The third kappa shape index (κ3) is 3.25. The summed E-state index contributed by atoms with van der Waals surface area (Å²) in [4.78, 5) is 12.3. The maximum atomic E-state index is 15.0. The largest absolute Gasteiger partial charge is 0.318 e. The van der Waals surface area contributed by atoms with Crippen LogP contribution in [0.25, 0.3) is 33.3 Å². The van der Waals surface area contributed by atoms with E-state index in [1.165, 1.54) is 30.9 Å². The third-order valence-electron chi connectivity index (χ3n) is 5.31. The van der Waals surface area contributed by atoms with E-state index in [0.29, 0.717) is 33.3 Å². The van der Waals surface area contributed by atoms with Crippen LogP contribution in [0.1, 0.15) is 0 Å². The normalized spacial score (nSPS) is 11.7. The molecular weight excluding hydrogens is 427 g/mol. The summed E-state index contributed by atoms with van der Waals surface area (Å²) in [5, 5.41) is -0.0651. The zero-order valence-electron chi connectivity index (χ0n) is 17.0. The molecule has 158 valence electrons. The molecule has 0 aliphatic rings.